The van der Waals surface area contributed by atoms with Gasteiger partial charge in [0.15, 0.2) is 5.96 Å². The maximum absolute atomic E-state index is 16.1. The van der Waals surface area contributed by atoms with Crippen molar-refractivity contribution in [3.05, 3.63) is 47.1 Å². The molecule has 0 radical (unpaired) electrons. The maximum atomic E-state index is 16.1. The second-order valence-corrected chi connectivity index (χ2v) is 19.7. The molecule has 5 N–H and O–H groups in total. The van der Waals surface area contributed by atoms with Gasteiger partial charge in [-0.2, -0.15) is 4.31 Å². The van der Waals surface area contributed by atoms with E-state index in [2.05, 4.69) is 25.9 Å². The fourth-order valence-electron chi connectivity index (χ4n) is 7.34. The molecule has 1 atom stereocenters. The second-order valence-electron chi connectivity index (χ2n) is 17.3. The predicted molar refractivity (Wildman–Crippen MR) is 225 cm³/mol. The van der Waals surface area contributed by atoms with E-state index in [-0.39, 0.29) is 91.3 Å². The number of sulfonamides is 1. The third kappa shape index (κ3) is 12.8. The largest absolute Gasteiger partial charge is 0.444 e. The highest BCUT2D eigenvalue weighted by Gasteiger charge is 2.44. The molecule has 2 aliphatic heterocycles. The first-order valence-corrected chi connectivity index (χ1v) is 22.1. The van der Waals surface area contributed by atoms with Gasteiger partial charge in [0.1, 0.15) is 22.2 Å². The van der Waals surface area contributed by atoms with E-state index in [1.165, 1.54) is 33.5 Å². The Morgan fingerprint density at radius 2 is 1.53 bits per heavy atom. The van der Waals surface area contributed by atoms with Crippen LogP contribution in [0.5, 0.6) is 0 Å². The smallest absolute Gasteiger partial charge is 0.407 e. The number of nitrogens with two attached hydrogens (primary N) is 1. The molecule has 3 aliphatic rings. The number of aromatic nitrogens is 1. The van der Waals surface area contributed by atoms with Gasteiger partial charge in [0.2, 0.25) is 15.9 Å². The lowest BCUT2D eigenvalue weighted by atomic mass is 9.80. The quantitative estimate of drug-likeness (QED) is 0.0928. The van der Waals surface area contributed by atoms with Crippen LogP contribution in [-0.4, -0.2) is 111 Å². The number of nitrogens with one attached hydrogen (secondary N) is 3. The Morgan fingerprint density at radius 3 is 2.15 bits per heavy atom. The molecule has 0 spiro atoms. The van der Waals surface area contributed by atoms with E-state index in [0.29, 0.717) is 38.0 Å². The third-order valence-corrected chi connectivity index (χ3v) is 12.3. The summed E-state index contributed by atoms with van der Waals surface area (Å²) in [7, 11) is -3.92. The lowest BCUT2D eigenvalue weighted by molar-refractivity contribution is -0.117. The Morgan fingerprint density at radius 1 is 0.917 bits per heavy atom. The molecular formula is C40H58ClF2N9O7S. The van der Waals surface area contributed by atoms with E-state index in [4.69, 9.17) is 26.8 Å². The normalized spacial score (nSPS) is 21.1. The Kier molecular flexibility index (Phi) is 14.8. The minimum absolute atomic E-state index is 0.0437. The van der Waals surface area contributed by atoms with Crippen molar-refractivity contribution < 1.29 is 41.1 Å². The zero-order chi connectivity index (χ0) is 44.0. The number of amides is 3. The number of hydrogen-bond donors (Lipinski definition) is 4. The van der Waals surface area contributed by atoms with Crippen molar-refractivity contribution >= 4 is 57.2 Å². The summed E-state index contributed by atoms with van der Waals surface area (Å²) < 4.78 is 71.2. The van der Waals surface area contributed by atoms with Gasteiger partial charge in [-0.3, -0.25) is 9.79 Å². The minimum Gasteiger partial charge on any atom is -0.444 e. The maximum Gasteiger partial charge on any atom is 0.407 e. The summed E-state index contributed by atoms with van der Waals surface area (Å²) in [4.78, 5) is 48.6. The summed E-state index contributed by atoms with van der Waals surface area (Å²) in [6, 6.07) is 7.95. The van der Waals surface area contributed by atoms with Crippen LogP contribution in [0.4, 0.5) is 29.9 Å². The molecule has 3 fully saturated rings. The molecular weight excluding hydrogens is 824 g/mol. The highest BCUT2D eigenvalue weighted by atomic mass is 35.5. The molecule has 5 rings (SSSR count). The standard InChI is InChI=1S/C40H58ClF2N9O7S/c1-38(2,3)58-36(54)46-17-7-16-45-35(44)47-28-10-8-26(9-11-28)40(42,43)27-22-32(41)49-33(23-27)50-18-20-51(21-19-50)60(56,57)31-14-12-30(13-15-31)52-25-29(24-34(52)53)48-37(55)59-39(4,5)6/h12-15,22-23,26,28-29H,7-11,16-21,24-25H2,1-6H3,(H,46,54)(H,48,55)(H3,44,45,47)/t26?,28?,29-/m1/s1. The number of aliphatic imine (C=N–C) groups is 1. The number of hydrogen-bond acceptors (Lipinski definition) is 10. The average Bonchev–Trinajstić information content (AvgIpc) is 3.52. The van der Waals surface area contributed by atoms with E-state index in [1.807, 2.05) is 0 Å². The number of alkyl halides is 2. The van der Waals surface area contributed by atoms with Gasteiger partial charge in [0, 0.05) is 75.4 Å². The molecule has 3 amide bonds. The minimum atomic E-state index is -3.92. The molecule has 332 valence electrons. The number of anilines is 2. The molecule has 0 unspecified atom stereocenters. The Labute approximate surface area is 356 Å². The molecule has 0 bridgehead atoms. The number of carbonyl (C=O) groups is 3. The predicted octanol–water partition coefficient (Wildman–Crippen LogP) is 5.35. The first-order chi connectivity index (χ1) is 28.0. The van der Waals surface area contributed by atoms with Crippen LogP contribution in [-0.2, 0) is 30.2 Å². The van der Waals surface area contributed by atoms with Gasteiger partial charge >= 0.3 is 12.2 Å². The van der Waals surface area contributed by atoms with Gasteiger partial charge in [0.05, 0.1) is 10.9 Å². The van der Waals surface area contributed by atoms with Crippen molar-refractivity contribution in [3.63, 3.8) is 0 Å². The van der Waals surface area contributed by atoms with Crippen molar-refractivity contribution in [1.82, 2.24) is 25.2 Å². The number of alkyl carbamates (subject to hydrolysis) is 2. The van der Waals surface area contributed by atoms with Gasteiger partial charge in [-0.15, -0.1) is 0 Å². The van der Waals surface area contributed by atoms with Gasteiger partial charge in [-0.1, -0.05) is 11.6 Å². The van der Waals surface area contributed by atoms with Crippen LogP contribution in [0.25, 0.3) is 0 Å². The molecule has 1 aromatic heterocycles. The van der Waals surface area contributed by atoms with Crippen molar-refractivity contribution in [3.8, 4) is 0 Å². The van der Waals surface area contributed by atoms with Crippen LogP contribution >= 0.6 is 11.6 Å². The number of ether oxygens (including phenoxy) is 2. The summed E-state index contributed by atoms with van der Waals surface area (Å²) in [5.74, 6) is -3.88. The molecule has 1 aliphatic carbocycles. The van der Waals surface area contributed by atoms with Crippen molar-refractivity contribution in [2.75, 3.05) is 55.6 Å². The Hall–Kier alpha value is -4.49. The number of carbonyl (C=O) groups excluding carboxylic acids is 3. The fourth-order valence-corrected chi connectivity index (χ4v) is 8.97. The van der Waals surface area contributed by atoms with Crippen LogP contribution in [0.1, 0.15) is 85.6 Å². The molecule has 2 saturated heterocycles. The van der Waals surface area contributed by atoms with Crippen molar-refractivity contribution in [1.29, 1.82) is 0 Å². The van der Waals surface area contributed by atoms with E-state index >= 15 is 8.78 Å². The molecule has 2 aromatic rings. The zero-order valence-corrected chi connectivity index (χ0v) is 36.7. The summed E-state index contributed by atoms with van der Waals surface area (Å²) in [5.41, 5.74) is 5.04. The fraction of sp³-hybridized carbons (Fsp3) is 0.625. The lowest BCUT2D eigenvalue weighted by Gasteiger charge is -2.36. The molecule has 16 nitrogen and oxygen atoms in total. The number of rotatable bonds is 12. The summed E-state index contributed by atoms with van der Waals surface area (Å²) >= 11 is 6.31. The summed E-state index contributed by atoms with van der Waals surface area (Å²) in [6.45, 7) is 12.1. The first kappa shape index (κ1) is 46.6. The van der Waals surface area contributed by atoms with Gasteiger partial charge in [0.25, 0.3) is 5.92 Å². The third-order valence-electron chi connectivity index (χ3n) is 10.2. The monoisotopic (exact) mass is 881 g/mol. The number of nitrogens with zero attached hydrogens (tertiary/aromatic N) is 5. The van der Waals surface area contributed by atoms with Gasteiger partial charge in [-0.25, -0.2) is 31.8 Å². The zero-order valence-electron chi connectivity index (χ0n) is 35.1. The van der Waals surface area contributed by atoms with Gasteiger partial charge < -0.3 is 41.0 Å². The average molecular weight is 882 g/mol. The molecule has 60 heavy (non-hydrogen) atoms. The first-order valence-electron chi connectivity index (χ1n) is 20.2. The van der Waals surface area contributed by atoms with Gasteiger partial charge in [-0.05, 0) is 110 Å². The number of piperazine rings is 1. The van der Waals surface area contributed by atoms with Crippen LogP contribution in [0, 0.1) is 5.92 Å². The Balaban J connectivity index is 1.10. The molecule has 1 saturated carbocycles. The second kappa shape index (κ2) is 19.1. The van der Waals surface area contributed by atoms with E-state index in [9.17, 15) is 22.8 Å². The van der Waals surface area contributed by atoms with Crippen molar-refractivity contribution in [2.24, 2.45) is 16.6 Å². The number of guanidine groups is 1. The van der Waals surface area contributed by atoms with Crippen LogP contribution in [0.2, 0.25) is 5.15 Å². The lowest BCUT2D eigenvalue weighted by Crippen LogP contribution is -2.49. The highest BCUT2D eigenvalue weighted by Crippen LogP contribution is 2.45. The van der Waals surface area contributed by atoms with Crippen LogP contribution < -0.4 is 31.5 Å². The van der Waals surface area contributed by atoms with E-state index < -0.39 is 51.3 Å². The van der Waals surface area contributed by atoms with Crippen molar-refractivity contribution in [2.45, 2.75) is 114 Å². The number of pyridine rings is 1. The van der Waals surface area contributed by atoms with E-state index in [1.54, 1.807) is 58.6 Å². The highest BCUT2D eigenvalue weighted by molar-refractivity contribution is 7.89. The summed E-state index contributed by atoms with van der Waals surface area (Å²) in [6.07, 6.45) is 0.913. The number of benzene rings is 1. The topological polar surface area (TPSA) is 201 Å². The Bertz CT molecular complexity index is 1980. The molecule has 3 heterocycles. The SMILES string of the molecule is CC(C)(C)OC(=O)NCCCN=C(N)NC1CCC(C(F)(F)c2cc(Cl)nc(N3CCN(S(=O)(=O)c4ccc(N5C[C@H](NC(=O)OC(C)(C)C)CC5=O)cc4)CC3)c2)CC1. The molecule has 1 aromatic carbocycles. The molecule has 20 heteroatoms. The number of halogens is 3. The summed E-state index contributed by atoms with van der Waals surface area (Å²) in [5, 5.41) is 8.42. The van der Waals surface area contributed by atoms with Crippen LogP contribution in [0.15, 0.2) is 46.3 Å². The van der Waals surface area contributed by atoms with Crippen LogP contribution in [0.3, 0.4) is 0 Å². The van der Waals surface area contributed by atoms with E-state index in [0.717, 1.165) is 0 Å².